The van der Waals surface area contributed by atoms with Gasteiger partial charge in [-0.15, -0.1) is 0 Å². The first-order valence-corrected chi connectivity index (χ1v) is 6.67. The number of benzene rings is 1. The average Bonchev–Trinajstić information content (AvgIpc) is 2.30. The Bertz CT molecular complexity index is 535. The second kappa shape index (κ2) is 6.67. The summed E-state index contributed by atoms with van der Waals surface area (Å²) < 4.78 is 0. The van der Waals surface area contributed by atoms with Crippen LogP contribution in [-0.4, -0.2) is 10.3 Å². The fourth-order valence-electron chi connectivity index (χ4n) is 2.02. The lowest BCUT2D eigenvalue weighted by Crippen LogP contribution is -1.99. The van der Waals surface area contributed by atoms with Crippen molar-refractivity contribution < 1.29 is 0 Å². The molecule has 2 nitrogen and oxygen atoms in total. The maximum absolute atomic E-state index is 4.73. The lowest BCUT2D eigenvalue weighted by molar-refractivity contribution is 0.791. The highest BCUT2D eigenvalue weighted by atomic mass is 32.1. The molecule has 94 valence electrons. The van der Waals surface area contributed by atoms with Gasteiger partial charge in [0, 0.05) is 0 Å². The molecule has 4 heteroatoms. The van der Waals surface area contributed by atoms with E-state index in [0.717, 1.165) is 11.3 Å². The van der Waals surface area contributed by atoms with Gasteiger partial charge in [0.1, 0.15) is 11.4 Å². The zero-order chi connectivity index (χ0) is 13.7. The van der Waals surface area contributed by atoms with Gasteiger partial charge in [0.15, 0.2) is 0 Å². The van der Waals surface area contributed by atoms with Gasteiger partial charge < -0.3 is 0 Å². The van der Waals surface area contributed by atoms with Gasteiger partial charge in [-0.05, 0) is 53.5 Å². The van der Waals surface area contributed by atoms with E-state index < -0.39 is 0 Å². The maximum atomic E-state index is 4.73. The first-order chi connectivity index (χ1) is 8.52. The Balaban J connectivity index is 3.69. The smallest absolute Gasteiger partial charge is 0.104 e. The highest BCUT2D eigenvalue weighted by Gasteiger charge is 2.17. The normalized spacial score (nSPS) is 10.1. The third-order valence-corrected chi connectivity index (χ3v) is 2.93. The van der Waals surface area contributed by atoms with E-state index in [2.05, 4.69) is 66.3 Å². The maximum Gasteiger partial charge on any atom is 0.104 e. The summed E-state index contributed by atoms with van der Waals surface area (Å²) in [5.74, 6) is 0.761. The molecule has 0 bridgehead atoms. The Morgan fingerprint density at radius 3 is 2.00 bits per heavy atom. The van der Waals surface area contributed by atoms with Crippen LogP contribution in [0.25, 0.3) is 0 Å². The van der Waals surface area contributed by atoms with Crippen molar-refractivity contribution in [3.63, 3.8) is 0 Å². The lowest BCUT2D eigenvalue weighted by atomic mass is 9.88. The predicted molar refractivity (Wildman–Crippen MR) is 84.0 cm³/mol. The fraction of sp³-hybridized carbons (Fsp3) is 0.429. The molecule has 0 fully saturated rings. The number of thiocarbonyl (C=S) groups is 2. The summed E-state index contributed by atoms with van der Waals surface area (Å²) in [6, 6.07) is 3.99. The van der Waals surface area contributed by atoms with E-state index in [-0.39, 0.29) is 0 Å². The molecule has 0 saturated carbocycles. The van der Waals surface area contributed by atoms with Crippen LogP contribution in [0, 0.1) is 0 Å². The highest BCUT2D eigenvalue weighted by Crippen LogP contribution is 2.40. The monoisotopic (exact) mass is 276 g/mol. The van der Waals surface area contributed by atoms with Crippen LogP contribution in [0.2, 0.25) is 0 Å². The third-order valence-electron chi connectivity index (χ3n) is 2.75. The quantitative estimate of drug-likeness (QED) is 0.543. The van der Waals surface area contributed by atoms with E-state index in [1.807, 2.05) is 6.07 Å². The van der Waals surface area contributed by atoms with Crippen molar-refractivity contribution in [3.05, 3.63) is 23.3 Å². The van der Waals surface area contributed by atoms with Crippen molar-refractivity contribution >= 4 is 46.1 Å². The van der Waals surface area contributed by atoms with Crippen LogP contribution in [0.3, 0.4) is 0 Å². The molecule has 1 aromatic carbocycles. The summed E-state index contributed by atoms with van der Waals surface area (Å²) in [5.41, 5.74) is 3.89. The van der Waals surface area contributed by atoms with Crippen LogP contribution in [0.4, 0.5) is 11.4 Å². The Hall–Kier alpha value is -1.18. The fourth-order valence-corrected chi connectivity index (χ4v) is 2.21. The molecule has 0 heterocycles. The van der Waals surface area contributed by atoms with E-state index >= 15 is 0 Å². The Morgan fingerprint density at radius 1 is 0.944 bits per heavy atom. The number of hydrogen-bond donors (Lipinski definition) is 0. The first kappa shape index (κ1) is 14.9. The number of hydrogen-bond acceptors (Lipinski definition) is 4. The minimum absolute atomic E-state index is 0.338. The van der Waals surface area contributed by atoms with E-state index in [9.17, 15) is 0 Å². The molecule has 18 heavy (non-hydrogen) atoms. The minimum Gasteiger partial charge on any atom is -0.192 e. The predicted octanol–water partition coefficient (Wildman–Crippen LogP) is 5.40. The number of aliphatic imine (C=N–C) groups is 2. The SMILES string of the molecule is CC(C)c1ccc(N=C=S)c(N=C=S)c1C(C)C. The van der Waals surface area contributed by atoms with Crippen molar-refractivity contribution in [3.8, 4) is 0 Å². The Kier molecular flexibility index (Phi) is 5.52. The summed E-state index contributed by atoms with van der Waals surface area (Å²) in [6.45, 7) is 8.59. The number of nitrogens with zero attached hydrogens (tertiary/aromatic N) is 2. The number of isothiocyanates is 2. The first-order valence-electron chi connectivity index (χ1n) is 5.85. The van der Waals surface area contributed by atoms with Crippen LogP contribution >= 0.6 is 24.4 Å². The van der Waals surface area contributed by atoms with Gasteiger partial charge >= 0.3 is 0 Å². The molecule has 0 aliphatic rings. The molecule has 0 atom stereocenters. The molecular formula is C14H16N2S2. The van der Waals surface area contributed by atoms with Crippen molar-refractivity contribution in [2.75, 3.05) is 0 Å². The standard InChI is InChI=1S/C14H16N2S2/c1-9(2)11-5-6-12(15-7-17)14(16-8-18)13(11)10(3)4/h5-6,9-10H,1-4H3. The molecular weight excluding hydrogens is 260 g/mol. The van der Waals surface area contributed by atoms with E-state index in [1.165, 1.54) is 5.56 Å². The van der Waals surface area contributed by atoms with Gasteiger partial charge in [0.25, 0.3) is 0 Å². The summed E-state index contributed by atoms with van der Waals surface area (Å²) in [4.78, 5) is 8.23. The van der Waals surface area contributed by atoms with E-state index in [1.54, 1.807) is 0 Å². The molecule has 0 radical (unpaired) electrons. The van der Waals surface area contributed by atoms with Gasteiger partial charge in [-0.25, -0.2) is 0 Å². The van der Waals surface area contributed by atoms with Crippen LogP contribution in [0.15, 0.2) is 22.1 Å². The Morgan fingerprint density at radius 2 is 1.56 bits per heavy atom. The zero-order valence-corrected chi connectivity index (χ0v) is 12.7. The highest BCUT2D eigenvalue weighted by molar-refractivity contribution is 7.78. The minimum atomic E-state index is 0.338. The van der Waals surface area contributed by atoms with Gasteiger partial charge in [0.05, 0.1) is 10.3 Å². The second-order valence-corrected chi connectivity index (χ2v) is 5.02. The Labute approximate surface area is 119 Å². The second-order valence-electron chi connectivity index (χ2n) is 4.65. The van der Waals surface area contributed by atoms with Crippen LogP contribution in [-0.2, 0) is 0 Å². The molecule has 1 rings (SSSR count). The third kappa shape index (κ3) is 3.18. The molecule has 0 aliphatic carbocycles. The molecule has 1 aromatic rings. The molecule has 0 unspecified atom stereocenters. The summed E-state index contributed by atoms with van der Waals surface area (Å²) in [7, 11) is 0. The van der Waals surface area contributed by atoms with Crippen LogP contribution in [0.1, 0.15) is 50.7 Å². The van der Waals surface area contributed by atoms with Crippen LogP contribution in [0.5, 0.6) is 0 Å². The number of rotatable bonds is 4. The topological polar surface area (TPSA) is 24.7 Å². The van der Waals surface area contributed by atoms with Gasteiger partial charge in [0.2, 0.25) is 0 Å². The van der Waals surface area contributed by atoms with Crippen molar-refractivity contribution in [1.82, 2.24) is 0 Å². The van der Waals surface area contributed by atoms with E-state index in [4.69, 9.17) is 12.2 Å². The van der Waals surface area contributed by atoms with Crippen molar-refractivity contribution in [1.29, 1.82) is 0 Å². The van der Waals surface area contributed by atoms with E-state index in [0.29, 0.717) is 17.5 Å². The largest absolute Gasteiger partial charge is 0.192 e. The van der Waals surface area contributed by atoms with Crippen molar-refractivity contribution in [2.45, 2.75) is 39.5 Å². The molecule has 0 amide bonds. The van der Waals surface area contributed by atoms with Crippen LogP contribution < -0.4 is 0 Å². The van der Waals surface area contributed by atoms with Crippen molar-refractivity contribution in [2.24, 2.45) is 9.98 Å². The average molecular weight is 276 g/mol. The molecule has 0 N–H and O–H groups in total. The summed E-state index contributed by atoms with van der Waals surface area (Å²) >= 11 is 9.39. The summed E-state index contributed by atoms with van der Waals surface area (Å²) in [6.07, 6.45) is 0. The molecule has 0 saturated heterocycles. The van der Waals surface area contributed by atoms with Gasteiger partial charge in [-0.2, -0.15) is 9.98 Å². The molecule has 0 aromatic heterocycles. The molecule has 0 aliphatic heterocycles. The lowest BCUT2D eigenvalue weighted by Gasteiger charge is -2.18. The molecule has 0 spiro atoms. The van der Waals surface area contributed by atoms with Gasteiger partial charge in [-0.1, -0.05) is 33.8 Å². The van der Waals surface area contributed by atoms with Gasteiger partial charge in [-0.3, -0.25) is 0 Å². The summed E-state index contributed by atoms with van der Waals surface area (Å²) in [5, 5.41) is 4.81. The zero-order valence-electron chi connectivity index (χ0n) is 11.0.